The Kier molecular flexibility index (Phi) is 4.43. The highest BCUT2D eigenvalue weighted by Crippen LogP contribution is 2.24. The van der Waals surface area contributed by atoms with E-state index in [1.807, 2.05) is 36.1 Å². The van der Waals surface area contributed by atoms with Gasteiger partial charge in [0.1, 0.15) is 5.75 Å². The van der Waals surface area contributed by atoms with Gasteiger partial charge in [0.05, 0.1) is 12.6 Å². The zero-order valence-electron chi connectivity index (χ0n) is 11.8. The second kappa shape index (κ2) is 6.06. The van der Waals surface area contributed by atoms with Gasteiger partial charge in [-0.2, -0.15) is 0 Å². The van der Waals surface area contributed by atoms with Crippen molar-refractivity contribution in [1.29, 1.82) is 0 Å². The quantitative estimate of drug-likeness (QED) is 0.884. The maximum absolute atomic E-state index is 12.3. The Hall–Kier alpha value is -1.55. The summed E-state index contributed by atoms with van der Waals surface area (Å²) in [6.07, 6.45) is 0.865. The van der Waals surface area contributed by atoms with Crippen LogP contribution < -0.4 is 15.0 Å². The second-order valence-electron chi connectivity index (χ2n) is 5.08. The first-order chi connectivity index (χ1) is 9.11. The molecular formula is C15H22N2O2. The van der Waals surface area contributed by atoms with E-state index < -0.39 is 0 Å². The van der Waals surface area contributed by atoms with Crippen molar-refractivity contribution in [3.8, 4) is 5.75 Å². The Morgan fingerprint density at radius 3 is 2.63 bits per heavy atom. The summed E-state index contributed by atoms with van der Waals surface area (Å²) < 4.78 is 5.41. The first-order valence-corrected chi connectivity index (χ1v) is 6.92. The fourth-order valence-corrected chi connectivity index (χ4v) is 2.38. The minimum atomic E-state index is -0.0495. The van der Waals surface area contributed by atoms with E-state index in [4.69, 9.17) is 4.74 Å². The molecule has 1 saturated heterocycles. The number of carbonyl (C=O) groups is 1. The Balaban J connectivity index is 2.04. The number of hydrogen-bond donors (Lipinski definition) is 1. The number of hydrogen-bond acceptors (Lipinski definition) is 3. The Labute approximate surface area is 114 Å². The molecule has 1 fully saturated rings. The summed E-state index contributed by atoms with van der Waals surface area (Å²) in [5.74, 6) is 1.01. The molecule has 1 aliphatic heterocycles. The van der Waals surface area contributed by atoms with Gasteiger partial charge in [-0.25, -0.2) is 0 Å². The van der Waals surface area contributed by atoms with Gasteiger partial charge in [-0.1, -0.05) is 13.8 Å². The monoisotopic (exact) mass is 262 g/mol. The largest absolute Gasteiger partial charge is 0.494 e. The number of ether oxygens (including phenoxy) is 1. The molecule has 1 aliphatic rings. The van der Waals surface area contributed by atoms with Gasteiger partial charge in [-0.15, -0.1) is 0 Å². The molecule has 0 bridgehead atoms. The van der Waals surface area contributed by atoms with Crippen molar-refractivity contribution in [3.63, 3.8) is 0 Å². The van der Waals surface area contributed by atoms with E-state index in [9.17, 15) is 4.79 Å². The minimum absolute atomic E-state index is 0.0495. The number of amides is 1. The summed E-state index contributed by atoms with van der Waals surface area (Å²) in [4.78, 5) is 14.1. The van der Waals surface area contributed by atoms with Crippen LogP contribution in [0.2, 0.25) is 0 Å². The Morgan fingerprint density at radius 1 is 1.37 bits per heavy atom. The molecule has 1 atom stereocenters. The molecular weight excluding hydrogens is 240 g/mol. The van der Waals surface area contributed by atoms with Crippen LogP contribution >= 0.6 is 0 Å². The van der Waals surface area contributed by atoms with Crippen LogP contribution in [0.4, 0.5) is 5.69 Å². The van der Waals surface area contributed by atoms with Crippen molar-refractivity contribution in [2.75, 3.05) is 18.1 Å². The minimum Gasteiger partial charge on any atom is -0.494 e. The fourth-order valence-electron chi connectivity index (χ4n) is 2.38. The second-order valence-corrected chi connectivity index (χ2v) is 5.08. The van der Waals surface area contributed by atoms with E-state index in [0.717, 1.165) is 24.4 Å². The van der Waals surface area contributed by atoms with Crippen LogP contribution in [-0.2, 0) is 4.79 Å². The smallest absolute Gasteiger partial charge is 0.244 e. The highest BCUT2D eigenvalue weighted by molar-refractivity contribution is 5.99. The van der Waals surface area contributed by atoms with Crippen molar-refractivity contribution >= 4 is 11.6 Å². The normalized spacial score (nSPS) is 19.3. The van der Waals surface area contributed by atoms with Gasteiger partial charge in [-0.3, -0.25) is 4.79 Å². The molecule has 1 aromatic carbocycles. The molecule has 1 amide bonds. The highest BCUT2D eigenvalue weighted by atomic mass is 16.5. The number of rotatable bonds is 5. The third kappa shape index (κ3) is 3.26. The number of anilines is 1. The number of nitrogens with one attached hydrogen (secondary N) is 1. The predicted molar refractivity (Wildman–Crippen MR) is 76.6 cm³/mol. The zero-order chi connectivity index (χ0) is 13.8. The summed E-state index contributed by atoms with van der Waals surface area (Å²) >= 11 is 0. The molecule has 4 nitrogen and oxygen atoms in total. The van der Waals surface area contributed by atoms with Gasteiger partial charge < -0.3 is 15.0 Å². The standard InChI is InChI=1S/C15H22N2O2/c1-4-19-13-7-5-12(6-8-13)17-10-9-14(15(17)18)16-11(2)3/h5-8,11,14,16H,4,9-10H2,1-3H3. The molecule has 0 aromatic heterocycles. The van der Waals surface area contributed by atoms with Crippen molar-refractivity contribution in [3.05, 3.63) is 24.3 Å². The van der Waals surface area contributed by atoms with Crippen molar-refractivity contribution < 1.29 is 9.53 Å². The van der Waals surface area contributed by atoms with Crippen molar-refractivity contribution in [2.45, 2.75) is 39.3 Å². The van der Waals surface area contributed by atoms with E-state index in [0.29, 0.717) is 12.6 Å². The lowest BCUT2D eigenvalue weighted by molar-refractivity contribution is -0.118. The first-order valence-electron chi connectivity index (χ1n) is 6.92. The molecule has 0 aliphatic carbocycles. The van der Waals surface area contributed by atoms with Crippen LogP contribution in [-0.4, -0.2) is 31.1 Å². The molecule has 0 saturated carbocycles. The molecule has 0 spiro atoms. The predicted octanol–water partition coefficient (Wildman–Crippen LogP) is 2.19. The van der Waals surface area contributed by atoms with Crippen LogP contribution in [0.5, 0.6) is 5.75 Å². The summed E-state index contributed by atoms with van der Waals surface area (Å²) in [5, 5.41) is 3.31. The van der Waals surface area contributed by atoms with E-state index >= 15 is 0 Å². The SMILES string of the molecule is CCOc1ccc(N2CCC(NC(C)C)C2=O)cc1. The molecule has 0 radical (unpaired) electrons. The Morgan fingerprint density at radius 2 is 2.05 bits per heavy atom. The van der Waals surface area contributed by atoms with E-state index in [1.165, 1.54) is 0 Å². The molecule has 1 N–H and O–H groups in total. The van der Waals surface area contributed by atoms with Crippen LogP contribution in [0.25, 0.3) is 0 Å². The lowest BCUT2D eigenvalue weighted by Gasteiger charge is -2.18. The van der Waals surface area contributed by atoms with Crippen molar-refractivity contribution in [1.82, 2.24) is 5.32 Å². The summed E-state index contributed by atoms with van der Waals surface area (Å²) in [6, 6.07) is 7.99. The molecule has 19 heavy (non-hydrogen) atoms. The van der Waals surface area contributed by atoms with E-state index in [1.54, 1.807) is 0 Å². The van der Waals surface area contributed by atoms with Crippen molar-refractivity contribution in [2.24, 2.45) is 0 Å². The third-order valence-corrected chi connectivity index (χ3v) is 3.20. The first kappa shape index (κ1) is 13.9. The van der Waals surface area contributed by atoms with Gasteiger partial charge in [0.15, 0.2) is 0 Å². The fraction of sp³-hybridized carbons (Fsp3) is 0.533. The van der Waals surface area contributed by atoms with Crippen LogP contribution in [0.15, 0.2) is 24.3 Å². The topological polar surface area (TPSA) is 41.6 Å². The molecule has 1 aromatic rings. The number of nitrogens with zero attached hydrogens (tertiary/aromatic N) is 1. The van der Waals surface area contributed by atoms with Crippen LogP contribution in [0, 0.1) is 0 Å². The van der Waals surface area contributed by atoms with Crippen LogP contribution in [0.1, 0.15) is 27.2 Å². The van der Waals surface area contributed by atoms with Crippen LogP contribution in [0.3, 0.4) is 0 Å². The molecule has 4 heteroatoms. The number of benzene rings is 1. The average Bonchev–Trinajstić information content (AvgIpc) is 2.72. The van der Waals surface area contributed by atoms with E-state index in [2.05, 4.69) is 19.2 Å². The lowest BCUT2D eigenvalue weighted by Crippen LogP contribution is -2.41. The number of carbonyl (C=O) groups excluding carboxylic acids is 1. The maximum Gasteiger partial charge on any atom is 0.244 e. The molecule has 1 heterocycles. The van der Waals surface area contributed by atoms with E-state index in [-0.39, 0.29) is 11.9 Å². The highest BCUT2D eigenvalue weighted by Gasteiger charge is 2.32. The summed E-state index contributed by atoms with van der Waals surface area (Å²) in [7, 11) is 0. The molecule has 1 unspecified atom stereocenters. The third-order valence-electron chi connectivity index (χ3n) is 3.20. The van der Waals surface area contributed by atoms with Gasteiger partial charge in [0.25, 0.3) is 0 Å². The zero-order valence-corrected chi connectivity index (χ0v) is 11.8. The summed E-state index contributed by atoms with van der Waals surface area (Å²) in [6.45, 7) is 7.51. The van der Waals surface area contributed by atoms with Gasteiger partial charge in [0.2, 0.25) is 5.91 Å². The average molecular weight is 262 g/mol. The van der Waals surface area contributed by atoms with Gasteiger partial charge in [-0.05, 0) is 37.6 Å². The molecule has 104 valence electrons. The molecule has 2 rings (SSSR count). The van der Waals surface area contributed by atoms with Gasteiger partial charge >= 0.3 is 0 Å². The Bertz CT molecular complexity index is 428. The lowest BCUT2D eigenvalue weighted by atomic mass is 10.2. The van der Waals surface area contributed by atoms with Gasteiger partial charge in [0, 0.05) is 18.3 Å². The summed E-state index contributed by atoms with van der Waals surface area (Å²) in [5.41, 5.74) is 0.946. The maximum atomic E-state index is 12.3.